The number of Topliss-reactive ketones (excluding diaryl/α,β-unsaturated/α-hetero) is 1. The molecule has 0 saturated heterocycles. The van der Waals surface area contributed by atoms with E-state index in [1.165, 1.54) is 0 Å². The zero-order chi connectivity index (χ0) is 21.7. The summed E-state index contributed by atoms with van der Waals surface area (Å²) in [6, 6.07) is 14.9. The third-order valence-electron chi connectivity index (χ3n) is 4.71. The van der Waals surface area contributed by atoms with Gasteiger partial charge < -0.3 is 14.8 Å². The largest absolute Gasteiger partial charge is 0.493 e. The Balaban J connectivity index is 1.74. The lowest BCUT2D eigenvalue weighted by Gasteiger charge is -2.11. The van der Waals surface area contributed by atoms with Crippen molar-refractivity contribution in [2.75, 3.05) is 13.7 Å². The van der Waals surface area contributed by atoms with E-state index in [-0.39, 0.29) is 6.54 Å². The summed E-state index contributed by atoms with van der Waals surface area (Å²) in [5.41, 5.74) is 3.09. The lowest BCUT2D eigenvalue weighted by Crippen LogP contribution is -2.31. The van der Waals surface area contributed by atoms with Gasteiger partial charge in [0.15, 0.2) is 11.5 Å². The minimum atomic E-state index is -0.679. The maximum atomic E-state index is 12.8. The Labute approximate surface area is 175 Å². The molecule has 0 radical (unpaired) electrons. The highest BCUT2D eigenvalue weighted by atomic mass is 16.5. The summed E-state index contributed by atoms with van der Waals surface area (Å²) < 4.78 is 12.5. The predicted octanol–water partition coefficient (Wildman–Crippen LogP) is 3.40. The molecule has 1 amide bonds. The number of carbonyl (C=O) groups excluding carboxylic acids is 2. The molecule has 7 heteroatoms. The average Bonchev–Trinajstić information content (AvgIpc) is 3.06. The molecule has 30 heavy (non-hydrogen) atoms. The second kappa shape index (κ2) is 9.26. The van der Waals surface area contributed by atoms with Gasteiger partial charge in [0.25, 0.3) is 11.7 Å². The molecule has 0 fully saturated rings. The number of hydrogen-bond donors (Lipinski definition) is 1. The van der Waals surface area contributed by atoms with Gasteiger partial charge in [-0.15, -0.1) is 0 Å². The normalized spacial score (nSPS) is 10.5. The highest BCUT2D eigenvalue weighted by Crippen LogP contribution is 2.28. The van der Waals surface area contributed by atoms with Crippen LogP contribution in [0.1, 0.15) is 34.2 Å². The molecule has 1 aromatic heterocycles. The number of rotatable bonds is 8. The predicted molar refractivity (Wildman–Crippen MR) is 113 cm³/mol. The fraction of sp³-hybridized carbons (Fsp3) is 0.261. The van der Waals surface area contributed by atoms with E-state index in [2.05, 4.69) is 10.4 Å². The third-order valence-corrected chi connectivity index (χ3v) is 4.71. The van der Waals surface area contributed by atoms with Crippen LogP contribution in [0.5, 0.6) is 11.5 Å². The van der Waals surface area contributed by atoms with Crippen molar-refractivity contribution in [3.8, 4) is 17.2 Å². The van der Waals surface area contributed by atoms with Crippen molar-refractivity contribution in [1.29, 1.82) is 0 Å². The Kier molecular flexibility index (Phi) is 6.51. The van der Waals surface area contributed by atoms with Gasteiger partial charge in [0.05, 0.1) is 36.4 Å². The van der Waals surface area contributed by atoms with Gasteiger partial charge >= 0.3 is 0 Å². The highest BCUT2D eigenvalue weighted by Gasteiger charge is 2.25. The molecule has 0 atom stereocenters. The first-order chi connectivity index (χ1) is 14.5. The topological polar surface area (TPSA) is 82.5 Å². The smallest absolute Gasteiger partial charge is 0.292 e. The molecule has 0 unspecified atom stereocenters. The second-order valence-electron chi connectivity index (χ2n) is 6.72. The monoisotopic (exact) mass is 407 g/mol. The standard InChI is InChI=1S/C23H25N3O4/c1-5-30-19-12-11-17(13-20(19)29-4)14-24-23(28)22(27)21-15(2)25-26(16(21)3)18-9-7-6-8-10-18/h6-13H,5,14H2,1-4H3,(H,24,28). The van der Waals surface area contributed by atoms with E-state index < -0.39 is 11.7 Å². The Morgan fingerprint density at radius 2 is 1.80 bits per heavy atom. The molecule has 0 bridgehead atoms. The molecule has 0 aliphatic carbocycles. The minimum Gasteiger partial charge on any atom is -0.493 e. The van der Waals surface area contributed by atoms with Crippen molar-refractivity contribution in [1.82, 2.24) is 15.1 Å². The number of nitrogens with one attached hydrogen (secondary N) is 1. The Morgan fingerprint density at radius 3 is 2.47 bits per heavy atom. The average molecular weight is 407 g/mol. The summed E-state index contributed by atoms with van der Waals surface area (Å²) in [5, 5.41) is 7.12. The SMILES string of the molecule is CCOc1ccc(CNC(=O)C(=O)c2c(C)nn(-c3ccccc3)c2C)cc1OC. The fourth-order valence-corrected chi connectivity index (χ4v) is 3.26. The first-order valence-corrected chi connectivity index (χ1v) is 9.70. The lowest BCUT2D eigenvalue weighted by atomic mass is 10.1. The third kappa shape index (κ3) is 4.35. The number of amides is 1. The molecule has 0 saturated carbocycles. The van der Waals surface area contributed by atoms with Gasteiger partial charge in [0.1, 0.15) is 0 Å². The molecular formula is C23H25N3O4. The molecule has 1 heterocycles. The van der Waals surface area contributed by atoms with Crippen molar-refractivity contribution in [2.24, 2.45) is 0 Å². The summed E-state index contributed by atoms with van der Waals surface area (Å²) in [4.78, 5) is 25.3. The molecule has 0 aliphatic heterocycles. The number of carbonyl (C=O) groups is 2. The lowest BCUT2D eigenvalue weighted by molar-refractivity contribution is -0.117. The van der Waals surface area contributed by atoms with E-state index in [9.17, 15) is 9.59 Å². The van der Waals surface area contributed by atoms with Crippen molar-refractivity contribution in [2.45, 2.75) is 27.3 Å². The summed E-state index contributed by atoms with van der Waals surface area (Å²) in [6.45, 7) is 6.12. The van der Waals surface area contributed by atoms with Crippen molar-refractivity contribution in [3.63, 3.8) is 0 Å². The van der Waals surface area contributed by atoms with E-state index in [1.807, 2.05) is 43.3 Å². The van der Waals surface area contributed by atoms with Crippen molar-refractivity contribution >= 4 is 11.7 Å². The van der Waals surface area contributed by atoms with E-state index in [0.717, 1.165) is 11.3 Å². The number of benzene rings is 2. The summed E-state index contributed by atoms with van der Waals surface area (Å²) in [7, 11) is 1.56. The van der Waals surface area contributed by atoms with Crippen LogP contribution in [0.15, 0.2) is 48.5 Å². The summed E-state index contributed by atoms with van der Waals surface area (Å²) in [5.74, 6) is -0.0803. The Bertz CT molecular complexity index is 1060. The number of para-hydroxylation sites is 1. The molecule has 3 rings (SSSR count). The first kappa shape index (κ1) is 21.1. The number of ether oxygens (including phenoxy) is 2. The maximum absolute atomic E-state index is 12.8. The van der Waals surface area contributed by atoms with Crippen molar-refractivity contribution < 1.29 is 19.1 Å². The molecule has 0 spiro atoms. The second-order valence-corrected chi connectivity index (χ2v) is 6.72. The molecule has 0 aliphatic rings. The van der Waals surface area contributed by atoms with Crippen LogP contribution in [-0.4, -0.2) is 35.2 Å². The minimum absolute atomic E-state index is 0.193. The van der Waals surface area contributed by atoms with Crippen LogP contribution < -0.4 is 14.8 Å². The number of nitrogens with zero attached hydrogens (tertiary/aromatic N) is 2. The summed E-state index contributed by atoms with van der Waals surface area (Å²) >= 11 is 0. The van der Waals surface area contributed by atoms with Gasteiger partial charge in [-0.2, -0.15) is 5.10 Å². The van der Waals surface area contributed by atoms with Gasteiger partial charge in [0, 0.05) is 6.54 Å². The Morgan fingerprint density at radius 1 is 1.07 bits per heavy atom. The van der Waals surface area contributed by atoms with Crippen LogP contribution in [0, 0.1) is 13.8 Å². The zero-order valence-corrected chi connectivity index (χ0v) is 17.6. The number of aryl methyl sites for hydroxylation is 1. The van der Waals surface area contributed by atoms with Crippen LogP contribution in [0.25, 0.3) is 5.69 Å². The quantitative estimate of drug-likeness (QED) is 0.457. The van der Waals surface area contributed by atoms with Crippen LogP contribution in [-0.2, 0) is 11.3 Å². The molecule has 3 aromatic rings. The van der Waals surface area contributed by atoms with Crippen LogP contribution in [0.4, 0.5) is 0 Å². The van der Waals surface area contributed by atoms with Crippen LogP contribution in [0.3, 0.4) is 0 Å². The number of ketones is 1. The van der Waals surface area contributed by atoms with Gasteiger partial charge in [-0.05, 0) is 50.6 Å². The maximum Gasteiger partial charge on any atom is 0.292 e. The zero-order valence-electron chi connectivity index (χ0n) is 17.6. The first-order valence-electron chi connectivity index (χ1n) is 9.70. The van der Waals surface area contributed by atoms with Gasteiger partial charge in [-0.25, -0.2) is 4.68 Å². The summed E-state index contributed by atoms with van der Waals surface area (Å²) in [6.07, 6.45) is 0. The van der Waals surface area contributed by atoms with Gasteiger partial charge in [-0.1, -0.05) is 24.3 Å². The van der Waals surface area contributed by atoms with E-state index >= 15 is 0 Å². The van der Waals surface area contributed by atoms with Gasteiger partial charge in [-0.3, -0.25) is 9.59 Å². The fourth-order valence-electron chi connectivity index (χ4n) is 3.26. The molecule has 7 nitrogen and oxygen atoms in total. The molecule has 2 aromatic carbocycles. The van der Waals surface area contributed by atoms with Gasteiger partial charge in [0.2, 0.25) is 0 Å². The number of hydrogen-bond acceptors (Lipinski definition) is 5. The van der Waals surface area contributed by atoms with E-state index in [4.69, 9.17) is 9.47 Å². The Hall–Kier alpha value is -3.61. The van der Waals surface area contributed by atoms with Crippen molar-refractivity contribution in [3.05, 3.63) is 71.0 Å². The molecule has 156 valence electrons. The van der Waals surface area contributed by atoms with E-state index in [0.29, 0.717) is 35.1 Å². The number of aromatic nitrogens is 2. The number of methoxy groups -OCH3 is 1. The molecular weight excluding hydrogens is 382 g/mol. The van der Waals surface area contributed by atoms with E-state index in [1.54, 1.807) is 37.8 Å². The van der Waals surface area contributed by atoms with Crippen LogP contribution in [0.2, 0.25) is 0 Å². The van der Waals surface area contributed by atoms with Crippen LogP contribution >= 0.6 is 0 Å². The molecule has 1 N–H and O–H groups in total. The highest BCUT2D eigenvalue weighted by molar-refractivity contribution is 6.43.